The van der Waals surface area contributed by atoms with E-state index in [0.29, 0.717) is 0 Å². The third-order valence-electron chi connectivity index (χ3n) is 4.92. The van der Waals surface area contributed by atoms with E-state index >= 15 is 4.39 Å². The first-order chi connectivity index (χ1) is 16.8. The summed E-state index contributed by atoms with van der Waals surface area (Å²) >= 11 is 2.73. The zero-order valence-corrected chi connectivity index (χ0v) is 22.0. The first kappa shape index (κ1) is 28.2. The summed E-state index contributed by atoms with van der Waals surface area (Å²) in [6, 6.07) is 7.79. The third-order valence-corrected chi connectivity index (χ3v) is 7.42. The number of aromatic amines is 1. The lowest BCUT2D eigenvalue weighted by molar-refractivity contribution is -0.149. The van der Waals surface area contributed by atoms with Crippen molar-refractivity contribution in [2.45, 2.75) is 55.9 Å². The van der Waals surface area contributed by atoms with Crippen LogP contribution in [0.15, 0.2) is 52.2 Å². The monoisotopic (exact) mass is 593 g/mol. The van der Waals surface area contributed by atoms with E-state index in [2.05, 4.69) is 21.0 Å². The Labute approximate surface area is 213 Å². The van der Waals surface area contributed by atoms with Crippen molar-refractivity contribution in [3.63, 3.8) is 0 Å². The van der Waals surface area contributed by atoms with Gasteiger partial charge < -0.3 is 19.1 Å². The maximum atomic E-state index is 15.3. The fourth-order valence-electron chi connectivity index (χ4n) is 3.22. The van der Waals surface area contributed by atoms with Crippen molar-refractivity contribution in [3.05, 3.63) is 63.4 Å². The van der Waals surface area contributed by atoms with Crippen LogP contribution in [0.3, 0.4) is 0 Å². The molecule has 0 bridgehead atoms. The Morgan fingerprint density at radius 1 is 1.31 bits per heavy atom. The van der Waals surface area contributed by atoms with Gasteiger partial charge in [-0.15, -0.1) is 0 Å². The van der Waals surface area contributed by atoms with Crippen molar-refractivity contribution in [2.24, 2.45) is 0 Å². The molecule has 3 N–H and O–H groups in total. The highest BCUT2D eigenvalue weighted by molar-refractivity contribution is 9.10. The Kier molecular flexibility index (Phi) is 8.91. The summed E-state index contributed by atoms with van der Waals surface area (Å²) in [4.78, 5) is 37.7. The average Bonchev–Trinajstić information content (AvgIpc) is 3.01. The highest BCUT2D eigenvalue weighted by Gasteiger charge is 2.57. The van der Waals surface area contributed by atoms with Gasteiger partial charge in [0.2, 0.25) is 4.58 Å². The van der Waals surface area contributed by atoms with Crippen LogP contribution in [0.2, 0.25) is 0 Å². The second-order valence-corrected chi connectivity index (χ2v) is 11.1. The molecule has 2 aromatic rings. The zero-order chi connectivity index (χ0) is 26.7. The number of rotatable bonds is 10. The number of aliphatic hydroxyl groups excluding tert-OH is 1. The highest BCUT2D eigenvalue weighted by atomic mass is 79.9. The molecule has 198 valence electrons. The number of nitrogens with one attached hydrogen (secondary N) is 2. The van der Waals surface area contributed by atoms with E-state index in [-0.39, 0.29) is 5.75 Å². The Morgan fingerprint density at radius 2 is 1.97 bits per heavy atom. The van der Waals surface area contributed by atoms with E-state index in [0.717, 1.165) is 16.8 Å². The lowest BCUT2D eigenvalue weighted by Gasteiger charge is -2.25. The fourth-order valence-corrected chi connectivity index (χ4v) is 5.35. The van der Waals surface area contributed by atoms with Crippen molar-refractivity contribution in [2.75, 3.05) is 6.61 Å². The molecule has 1 fully saturated rings. The van der Waals surface area contributed by atoms with E-state index in [1.54, 1.807) is 32.0 Å². The van der Waals surface area contributed by atoms with Gasteiger partial charge in [-0.3, -0.25) is 23.7 Å². The van der Waals surface area contributed by atoms with Gasteiger partial charge >= 0.3 is 19.4 Å². The van der Waals surface area contributed by atoms with E-state index in [9.17, 15) is 24.1 Å². The molecule has 12 nitrogen and oxygen atoms in total. The lowest BCUT2D eigenvalue weighted by Crippen LogP contribution is -2.41. The number of benzene rings is 1. The first-order valence-electron chi connectivity index (χ1n) is 10.8. The van der Waals surface area contributed by atoms with Crippen molar-refractivity contribution in [1.29, 1.82) is 0 Å². The first-order valence-corrected chi connectivity index (χ1v) is 13.2. The maximum Gasteiger partial charge on any atom is 0.459 e. The van der Waals surface area contributed by atoms with Crippen LogP contribution < -0.4 is 20.9 Å². The normalized spacial score (nSPS) is 26.4. The number of aliphatic hydroxyl groups is 1. The number of esters is 1. The molecule has 0 saturated carbocycles. The van der Waals surface area contributed by atoms with Crippen LogP contribution >= 0.6 is 23.7 Å². The summed E-state index contributed by atoms with van der Waals surface area (Å²) < 4.78 is 48.5. The van der Waals surface area contributed by atoms with Crippen molar-refractivity contribution >= 4 is 29.6 Å². The summed E-state index contributed by atoms with van der Waals surface area (Å²) in [5, 5.41) is 13.0. The van der Waals surface area contributed by atoms with E-state index < -0.39 is 66.7 Å². The standard InChI is InChI=1S/C21H26BrFN3O9P/c1-12(2)33-18(29)13(3)25-36(31,35-14-7-5-4-6-8-14)32-11-15-17(28)21(22,23)19(34-15)26-10-9-16(27)24-20(26)30/h4-10,12-13,15,17,19,28H,11H2,1-3H3,(H,25,31)(H,24,27,30)/t13?,15-,17-,19-,21-,36+/m1/s1. The maximum absolute atomic E-state index is 15.3. The molecule has 1 unspecified atom stereocenters. The molecule has 0 radical (unpaired) electrons. The van der Waals surface area contributed by atoms with Gasteiger partial charge in [-0.1, -0.05) is 18.2 Å². The van der Waals surface area contributed by atoms with Crippen LogP contribution in [-0.4, -0.2) is 56.2 Å². The van der Waals surface area contributed by atoms with Gasteiger partial charge in [-0.05, 0) is 48.8 Å². The number of alkyl halides is 2. The Morgan fingerprint density at radius 3 is 2.58 bits per heavy atom. The predicted molar refractivity (Wildman–Crippen MR) is 128 cm³/mol. The fraction of sp³-hybridized carbons (Fsp3) is 0.476. The minimum atomic E-state index is -4.32. The minimum absolute atomic E-state index is 0.142. The number of ether oxygens (including phenoxy) is 2. The number of carbonyl (C=O) groups is 1. The van der Waals surface area contributed by atoms with Gasteiger partial charge in [0.05, 0.1) is 12.7 Å². The van der Waals surface area contributed by atoms with Gasteiger partial charge in [-0.2, -0.15) is 5.09 Å². The van der Waals surface area contributed by atoms with Crippen LogP contribution in [0.5, 0.6) is 5.75 Å². The van der Waals surface area contributed by atoms with Crippen molar-refractivity contribution in [3.8, 4) is 5.75 Å². The minimum Gasteiger partial charge on any atom is -0.462 e. The number of H-pyrrole nitrogens is 1. The highest BCUT2D eigenvalue weighted by Crippen LogP contribution is 2.49. The van der Waals surface area contributed by atoms with Gasteiger partial charge in [0.1, 0.15) is 24.0 Å². The number of carbonyl (C=O) groups excluding carboxylic acids is 1. The summed E-state index contributed by atoms with van der Waals surface area (Å²) in [5.41, 5.74) is -1.68. The third kappa shape index (κ3) is 6.69. The Bertz CT molecular complexity index is 1220. The number of aromatic nitrogens is 2. The topological polar surface area (TPSA) is 158 Å². The molecule has 1 aliphatic rings. The molecule has 2 heterocycles. The summed E-state index contributed by atoms with van der Waals surface area (Å²) in [6.07, 6.45) is -4.46. The molecular weight excluding hydrogens is 568 g/mol. The Balaban J connectivity index is 1.80. The molecule has 1 aliphatic heterocycles. The average molecular weight is 594 g/mol. The molecule has 36 heavy (non-hydrogen) atoms. The molecule has 3 rings (SSSR count). The lowest BCUT2D eigenvalue weighted by atomic mass is 10.1. The molecule has 1 aromatic carbocycles. The molecule has 0 aliphatic carbocycles. The number of para-hydroxylation sites is 1. The SMILES string of the molecule is CC(C)OC(=O)C(C)N[P@](=O)(OC[C@H]1O[C@@H](n2ccc(=O)[nH]c2=O)[C@@](F)(Br)[C@@H]1O)Oc1ccccc1. The summed E-state index contributed by atoms with van der Waals surface area (Å²) in [6.45, 7) is 4.01. The van der Waals surface area contributed by atoms with Gasteiger partial charge in [0.15, 0.2) is 6.23 Å². The van der Waals surface area contributed by atoms with Crippen LogP contribution in [0, 0.1) is 0 Å². The van der Waals surface area contributed by atoms with Crippen LogP contribution in [-0.2, 0) is 23.4 Å². The van der Waals surface area contributed by atoms with Gasteiger partial charge in [0.25, 0.3) is 5.56 Å². The number of hydrogen-bond acceptors (Lipinski definition) is 9. The van der Waals surface area contributed by atoms with Crippen LogP contribution in [0.25, 0.3) is 0 Å². The molecule has 0 spiro atoms. The molecule has 15 heteroatoms. The Hall–Kier alpha value is -2.35. The van der Waals surface area contributed by atoms with Crippen LogP contribution in [0.4, 0.5) is 4.39 Å². The predicted octanol–water partition coefficient (Wildman–Crippen LogP) is 1.99. The zero-order valence-electron chi connectivity index (χ0n) is 19.5. The molecule has 1 saturated heterocycles. The number of hydrogen-bond donors (Lipinski definition) is 3. The molecule has 1 aromatic heterocycles. The largest absolute Gasteiger partial charge is 0.462 e. The quantitative estimate of drug-likeness (QED) is 0.211. The van der Waals surface area contributed by atoms with Gasteiger partial charge in [0, 0.05) is 12.3 Å². The van der Waals surface area contributed by atoms with Crippen LogP contribution in [0.1, 0.15) is 27.0 Å². The molecule has 6 atom stereocenters. The van der Waals surface area contributed by atoms with E-state index in [1.165, 1.54) is 19.1 Å². The van der Waals surface area contributed by atoms with Crippen molar-refractivity contribution < 1.29 is 37.4 Å². The smallest absolute Gasteiger partial charge is 0.459 e. The van der Waals surface area contributed by atoms with E-state index in [4.69, 9.17) is 18.5 Å². The summed E-state index contributed by atoms with van der Waals surface area (Å²) in [7, 11) is -4.32. The number of nitrogens with zero attached hydrogens (tertiary/aromatic N) is 1. The van der Waals surface area contributed by atoms with E-state index in [1.807, 2.05) is 4.98 Å². The molecular formula is C21H26BrFN3O9P. The molecule has 0 amide bonds. The second kappa shape index (κ2) is 11.4. The van der Waals surface area contributed by atoms with Gasteiger partial charge in [-0.25, -0.2) is 13.8 Å². The van der Waals surface area contributed by atoms with Crippen molar-refractivity contribution in [1.82, 2.24) is 14.6 Å². The second-order valence-electron chi connectivity index (χ2n) is 8.20. The number of halogens is 2. The summed E-state index contributed by atoms with van der Waals surface area (Å²) in [5.74, 6) is -0.577.